The summed E-state index contributed by atoms with van der Waals surface area (Å²) in [4.78, 5) is 13.6. The third-order valence-corrected chi connectivity index (χ3v) is 6.38. The number of hydrogen-bond acceptors (Lipinski definition) is 4. The van der Waals surface area contributed by atoms with E-state index in [0.717, 1.165) is 29.0 Å². The zero-order valence-corrected chi connectivity index (χ0v) is 15.2. The quantitative estimate of drug-likeness (QED) is 0.781. The molecule has 1 aromatic heterocycles. The summed E-state index contributed by atoms with van der Waals surface area (Å²) in [5, 5.41) is 17.2. The van der Waals surface area contributed by atoms with Crippen molar-refractivity contribution in [2.24, 2.45) is 0 Å². The number of anilines is 1. The van der Waals surface area contributed by atoms with E-state index < -0.39 is 5.54 Å². The van der Waals surface area contributed by atoms with Crippen LogP contribution in [-0.2, 0) is 16.8 Å². The fraction of sp³-hybridized carbons (Fsp3) is 0.421. The monoisotopic (exact) mass is 344 g/mol. The minimum Gasteiger partial charge on any atom is -0.394 e. The van der Waals surface area contributed by atoms with Crippen molar-refractivity contribution >= 4 is 22.2 Å². The second-order valence-corrected chi connectivity index (χ2v) is 7.76. The van der Waals surface area contributed by atoms with Crippen molar-refractivity contribution in [3.8, 4) is 0 Å². The molecule has 1 atom stereocenters. The van der Waals surface area contributed by atoms with Crippen LogP contribution in [0.4, 0.5) is 5.00 Å². The Hall–Kier alpha value is -1.69. The molecular weight excluding hydrogens is 320 g/mol. The lowest BCUT2D eigenvalue weighted by Gasteiger charge is -2.29. The van der Waals surface area contributed by atoms with Crippen LogP contribution in [0, 0.1) is 20.8 Å². The molecule has 0 spiro atoms. The molecule has 3 N–H and O–H groups in total. The van der Waals surface area contributed by atoms with E-state index in [1.165, 1.54) is 16.0 Å². The molecule has 0 aliphatic heterocycles. The number of aliphatic hydroxyl groups is 1. The van der Waals surface area contributed by atoms with Gasteiger partial charge in [0.15, 0.2) is 0 Å². The Labute approximate surface area is 146 Å². The number of aryl methyl sites for hydroxylation is 2. The zero-order valence-electron chi connectivity index (χ0n) is 14.4. The normalized spacial score (nSPS) is 19.3. The minimum atomic E-state index is -0.510. The lowest BCUT2D eigenvalue weighted by molar-refractivity contribution is -0.115. The van der Waals surface area contributed by atoms with E-state index in [0.29, 0.717) is 0 Å². The molecule has 0 radical (unpaired) electrons. The molecule has 1 heterocycles. The van der Waals surface area contributed by atoms with Gasteiger partial charge in [-0.2, -0.15) is 0 Å². The van der Waals surface area contributed by atoms with Gasteiger partial charge in [0.25, 0.3) is 0 Å². The number of nitrogens with one attached hydrogen (secondary N) is 2. The second-order valence-electron chi connectivity index (χ2n) is 6.54. The van der Waals surface area contributed by atoms with Gasteiger partial charge in [0.05, 0.1) is 23.7 Å². The summed E-state index contributed by atoms with van der Waals surface area (Å²) in [7, 11) is 0. The Bertz CT molecular complexity index is 769. The molecule has 5 heteroatoms. The van der Waals surface area contributed by atoms with Gasteiger partial charge >= 0.3 is 0 Å². The molecule has 0 saturated heterocycles. The van der Waals surface area contributed by atoms with Gasteiger partial charge in [0.1, 0.15) is 0 Å². The van der Waals surface area contributed by atoms with Gasteiger partial charge in [-0.3, -0.25) is 10.1 Å². The number of amides is 1. The predicted octanol–water partition coefficient (Wildman–Crippen LogP) is 3.04. The van der Waals surface area contributed by atoms with Gasteiger partial charge in [0, 0.05) is 4.88 Å². The number of rotatable bonds is 5. The molecule has 1 aliphatic carbocycles. The van der Waals surface area contributed by atoms with E-state index in [-0.39, 0.29) is 19.1 Å². The Balaban J connectivity index is 1.68. The third kappa shape index (κ3) is 2.99. The smallest absolute Gasteiger partial charge is 0.238 e. The van der Waals surface area contributed by atoms with E-state index in [1.54, 1.807) is 11.3 Å². The summed E-state index contributed by atoms with van der Waals surface area (Å²) >= 11 is 1.61. The molecule has 0 bridgehead atoms. The minimum absolute atomic E-state index is 0.00641. The molecule has 0 saturated carbocycles. The highest BCUT2D eigenvalue weighted by molar-refractivity contribution is 7.16. The average molecular weight is 344 g/mol. The molecule has 1 unspecified atom stereocenters. The Morgan fingerprint density at radius 3 is 2.67 bits per heavy atom. The fourth-order valence-electron chi connectivity index (χ4n) is 3.37. The Morgan fingerprint density at radius 2 is 2.00 bits per heavy atom. The van der Waals surface area contributed by atoms with Crippen molar-refractivity contribution < 1.29 is 9.90 Å². The molecule has 128 valence electrons. The van der Waals surface area contributed by atoms with E-state index >= 15 is 0 Å². The number of thiophene rings is 1. The van der Waals surface area contributed by atoms with Crippen LogP contribution in [0.1, 0.15) is 33.6 Å². The Kier molecular flexibility index (Phi) is 4.76. The molecule has 1 aromatic carbocycles. The lowest BCUT2D eigenvalue weighted by Crippen LogP contribution is -2.47. The molecule has 24 heavy (non-hydrogen) atoms. The number of benzene rings is 1. The molecule has 4 nitrogen and oxygen atoms in total. The van der Waals surface area contributed by atoms with Crippen LogP contribution in [-0.4, -0.2) is 24.2 Å². The number of carbonyl (C=O) groups excluding carboxylic acids is 1. The molecule has 1 aliphatic rings. The van der Waals surface area contributed by atoms with E-state index in [2.05, 4.69) is 30.5 Å². The van der Waals surface area contributed by atoms with Gasteiger partial charge in [-0.25, -0.2) is 0 Å². The van der Waals surface area contributed by atoms with Crippen LogP contribution >= 0.6 is 11.3 Å². The van der Waals surface area contributed by atoms with Crippen LogP contribution in [0.25, 0.3) is 0 Å². The lowest BCUT2D eigenvalue weighted by atomic mass is 9.92. The second kappa shape index (κ2) is 6.67. The fourth-order valence-corrected chi connectivity index (χ4v) is 4.46. The SMILES string of the molecule is Cc1sc(NC(=O)CNC2(CO)CCc3ccccc32)c(C)c1C. The van der Waals surface area contributed by atoms with Crippen molar-refractivity contribution in [1.29, 1.82) is 0 Å². The highest BCUT2D eigenvalue weighted by Gasteiger charge is 2.37. The van der Waals surface area contributed by atoms with E-state index in [4.69, 9.17) is 0 Å². The first kappa shape index (κ1) is 17.1. The molecule has 0 fully saturated rings. The summed E-state index contributed by atoms with van der Waals surface area (Å²) < 4.78 is 0. The van der Waals surface area contributed by atoms with Gasteiger partial charge < -0.3 is 10.4 Å². The number of hydrogen-bond donors (Lipinski definition) is 3. The third-order valence-electron chi connectivity index (χ3n) is 5.15. The largest absolute Gasteiger partial charge is 0.394 e. The van der Waals surface area contributed by atoms with Gasteiger partial charge in [-0.05, 0) is 55.9 Å². The molecule has 1 amide bonds. The number of fused-ring (bicyclic) bond motifs is 1. The van der Waals surface area contributed by atoms with Crippen LogP contribution in [0.3, 0.4) is 0 Å². The maximum absolute atomic E-state index is 12.4. The average Bonchev–Trinajstić information content (AvgIpc) is 3.07. The zero-order chi connectivity index (χ0) is 17.3. The molecular formula is C19H24N2O2S. The number of aliphatic hydroxyl groups excluding tert-OH is 1. The summed E-state index contributed by atoms with van der Waals surface area (Å²) in [5.41, 5.74) is 4.22. The first-order valence-corrected chi connectivity index (χ1v) is 9.09. The van der Waals surface area contributed by atoms with Crippen LogP contribution in [0.15, 0.2) is 24.3 Å². The summed E-state index contributed by atoms with van der Waals surface area (Å²) in [5.74, 6) is -0.0726. The predicted molar refractivity (Wildman–Crippen MR) is 98.7 cm³/mol. The number of carbonyl (C=O) groups is 1. The summed E-state index contributed by atoms with van der Waals surface area (Å²) in [6, 6.07) is 8.13. The van der Waals surface area contributed by atoms with Gasteiger partial charge in [-0.1, -0.05) is 24.3 Å². The molecule has 3 rings (SSSR count). The van der Waals surface area contributed by atoms with E-state index in [9.17, 15) is 9.90 Å². The summed E-state index contributed by atoms with van der Waals surface area (Å²) in [6.07, 6.45) is 1.74. The standard InChI is InChI=1S/C19H24N2O2S/c1-12-13(2)18(24-14(12)3)21-17(23)10-20-19(11-22)9-8-15-6-4-5-7-16(15)19/h4-7,20,22H,8-11H2,1-3H3,(H,21,23). The van der Waals surface area contributed by atoms with Crippen LogP contribution in [0.2, 0.25) is 0 Å². The highest BCUT2D eigenvalue weighted by atomic mass is 32.1. The highest BCUT2D eigenvalue weighted by Crippen LogP contribution is 2.36. The van der Waals surface area contributed by atoms with E-state index in [1.807, 2.05) is 25.1 Å². The Morgan fingerprint density at radius 1 is 1.25 bits per heavy atom. The van der Waals surface area contributed by atoms with Crippen LogP contribution in [0.5, 0.6) is 0 Å². The van der Waals surface area contributed by atoms with Crippen molar-refractivity contribution in [2.45, 2.75) is 39.2 Å². The van der Waals surface area contributed by atoms with Crippen molar-refractivity contribution in [3.05, 3.63) is 51.4 Å². The molecule has 2 aromatic rings. The van der Waals surface area contributed by atoms with Crippen molar-refractivity contribution in [3.63, 3.8) is 0 Å². The van der Waals surface area contributed by atoms with Gasteiger partial charge in [-0.15, -0.1) is 11.3 Å². The van der Waals surface area contributed by atoms with Crippen LogP contribution < -0.4 is 10.6 Å². The first-order valence-electron chi connectivity index (χ1n) is 8.27. The maximum Gasteiger partial charge on any atom is 0.238 e. The first-order chi connectivity index (χ1) is 11.5. The topological polar surface area (TPSA) is 61.4 Å². The van der Waals surface area contributed by atoms with Crippen molar-refractivity contribution in [2.75, 3.05) is 18.5 Å². The van der Waals surface area contributed by atoms with Gasteiger partial charge in [0.2, 0.25) is 5.91 Å². The van der Waals surface area contributed by atoms with Crippen molar-refractivity contribution in [1.82, 2.24) is 5.32 Å². The maximum atomic E-state index is 12.4. The summed E-state index contributed by atoms with van der Waals surface area (Å²) in [6.45, 7) is 6.35.